The first-order valence-electron chi connectivity index (χ1n) is 10.1. The van der Waals surface area contributed by atoms with Crippen molar-refractivity contribution in [2.45, 2.75) is 27.7 Å². The molecule has 6 nitrogen and oxygen atoms in total. The molecule has 0 amide bonds. The lowest BCUT2D eigenvalue weighted by atomic mass is 10.0. The minimum Gasteiger partial charge on any atom is -0.434 e. The number of ether oxygens (including phenoxy) is 4. The lowest BCUT2D eigenvalue weighted by Gasteiger charge is -2.17. The van der Waals surface area contributed by atoms with Crippen LogP contribution < -0.4 is 9.47 Å². The second kappa shape index (κ2) is 9.88. The summed E-state index contributed by atoms with van der Waals surface area (Å²) in [4.78, 5) is 24.7. The van der Waals surface area contributed by atoms with Crippen LogP contribution in [0.2, 0.25) is 5.02 Å². The Balaban J connectivity index is 2.13. The molecular formula is C24H25ClO6. The van der Waals surface area contributed by atoms with Crippen molar-refractivity contribution in [3.05, 3.63) is 47.5 Å². The molecule has 0 N–H and O–H groups in total. The highest BCUT2D eigenvalue weighted by atomic mass is 35.5. The van der Waals surface area contributed by atoms with Crippen molar-refractivity contribution in [1.29, 1.82) is 0 Å². The molecule has 31 heavy (non-hydrogen) atoms. The molecule has 0 fully saturated rings. The van der Waals surface area contributed by atoms with Crippen molar-refractivity contribution in [2.75, 3.05) is 13.2 Å². The van der Waals surface area contributed by atoms with Crippen molar-refractivity contribution in [3.63, 3.8) is 0 Å². The molecule has 0 aromatic heterocycles. The highest BCUT2D eigenvalue weighted by Gasteiger charge is 2.23. The van der Waals surface area contributed by atoms with E-state index < -0.39 is 12.3 Å². The van der Waals surface area contributed by atoms with E-state index in [1.54, 1.807) is 42.5 Å². The fourth-order valence-electron chi connectivity index (χ4n) is 3.01. The summed E-state index contributed by atoms with van der Waals surface area (Å²) in [6.45, 7) is 8.19. The third-order valence-electron chi connectivity index (χ3n) is 4.34. The normalized spacial score (nSPS) is 11.2. The topological polar surface area (TPSA) is 71.1 Å². The summed E-state index contributed by atoms with van der Waals surface area (Å²) in [5, 5.41) is 2.42. The molecule has 0 aliphatic heterocycles. The van der Waals surface area contributed by atoms with Crippen LogP contribution in [0.4, 0.5) is 9.59 Å². The highest BCUT2D eigenvalue weighted by molar-refractivity contribution is 6.37. The molecule has 3 aromatic rings. The third-order valence-corrected chi connectivity index (χ3v) is 4.66. The van der Waals surface area contributed by atoms with Crippen molar-refractivity contribution in [1.82, 2.24) is 0 Å². The van der Waals surface area contributed by atoms with Crippen LogP contribution in [0, 0.1) is 11.8 Å². The van der Waals surface area contributed by atoms with Crippen LogP contribution in [0.5, 0.6) is 11.5 Å². The van der Waals surface area contributed by atoms with E-state index in [2.05, 4.69) is 0 Å². The molecule has 0 aliphatic rings. The lowest BCUT2D eigenvalue weighted by Crippen LogP contribution is -2.16. The van der Waals surface area contributed by atoms with Gasteiger partial charge in [-0.2, -0.15) is 0 Å². The number of carbonyl (C=O) groups is 2. The Morgan fingerprint density at radius 1 is 0.742 bits per heavy atom. The van der Waals surface area contributed by atoms with Gasteiger partial charge in [0.05, 0.1) is 18.2 Å². The van der Waals surface area contributed by atoms with Crippen molar-refractivity contribution < 1.29 is 28.5 Å². The summed E-state index contributed by atoms with van der Waals surface area (Å²) < 4.78 is 21.6. The molecule has 0 heterocycles. The SMILES string of the molecule is CC(C)COC(=O)Oc1c2ccccc2c(OC(=O)OCC(C)C)c2c(Cl)cccc12. The first kappa shape index (κ1) is 22.7. The van der Waals surface area contributed by atoms with Crippen LogP contribution in [0.15, 0.2) is 42.5 Å². The molecule has 0 unspecified atom stereocenters. The maximum Gasteiger partial charge on any atom is 0.513 e. The van der Waals surface area contributed by atoms with Crippen LogP contribution in [-0.4, -0.2) is 25.5 Å². The summed E-state index contributed by atoms with van der Waals surface area (Å²) in [6.07, 6.45) is -1.64. The zero-order valence-electron chi connectivity index (χ0n) is 17.9. The van der Waals surface area contributed by atoms with Crippen LogP contribution in [0.25, 0.3) is 21.5 Å². The molecule has 164 valence electrons. The molecule has 0 aliphatic carbocycles. The van der Waals surface area contributed by atoms with E-state index in [1.807, 2.05) is 27.7 Å². The summed E-state index contributed by atoms with van der Waals surface area (Å²) in [7, 11) is 0. The number of hydrogen-bond acceptors (Lipinski definition) is 6. The third kappa shape index (κ3) is 5.39. The Morgan fingerprint density at radius 2 is 1.23 bits per heavy atom. The van der Waals surface area contributed by atoms with Crippen molar-refractivity contribution in [2.24, 2.45) is 11.8 Å². The average Bonchev–Trinajstić information content (AvgIpc) is 2.73. The monoisotopic (exact) mass is 444 g/mol. The van der Waals surface area contributed by atoms with E-state index in [0.717, 1.165) is 0 Å². The van der Waals surface area contributed by atoms with Gasteiger partial charge in [0.15, 0.2) is 11.5 Å². The first-order valence-corrected chi connectivity index (χ1v) is 10.5. The summed E-state index contributed by atoms with van der Waals surface area (Å²) in [5.41, 5.74) is 0. The van der Waals surface area contributed by atoms with Gasteiger partial charge in [-0.05, 0) is 17.9 Å². The van der Waals surface area contributed by atoms with Crippen LogP contribution in [0.1, 0.15) is 27.7 Å². The standard InChI is InChI=1S/C24H25ClO6/c1-14(2)12-28-23(26)30-21-16-8-5-6-9-17(16)22(31-24(27)29-13-15(3)4)20-18(21)10-7-11-19(20)25/h5-11,14-15H,12-13H2,1-4H3. The second-order valence-corrected chi connectivity index (χ2v) is 8.39. The maximum atomic E-state index is 12.3. The van der Waals surface area contributed by atoms with Gasteiger partial charge in [-0.1, -0.05) is 75.7 Å². The predicted molar refractivity (Wildman–Crippen MR) is 120 cm³/mol. The summed E-state index contributed by atoms with van der Waals surface area (Å²) in [5.74, 6) is 0.859. The second-order valence-electron chi connectivity index (χ2n) is 7.98. The minimum absolute atomic E-state index is 0.164. The Hall–Kier alpha value is -2.99. The quantitative estimate of drug-likeness (QED) is 0.232. The van der Waals surface area contributed by atoms with Crippen LogP contribution in [0.3, 0.4) is 0 Å². The van der Waals surface area contributed by atoms with Gasteiger partial charge in [0, 0.05) is 21.5 Å². The van der Waals surface area contributed by atoms with E-state index in [9.17, 15) is 9.59 Å². The number of rotatable bonds is 6. The van der Waals surface area contributed by atoms with Gasteiger partial charge in [-0.15, -0.1) is 0 Å². The van der Waals surface area contributed by atoms with Gasteiger partial charge in [-0.25, -0.2) is 9.59 Å². The maximum absolute atomic E-state index is 12.3. The zero-order chi connectivity index (χ0) is 22.5. The van der Waals surface area contributed by atoms with E-state index in [1.165, 1.54) is 0 Å². The van der Waals surface area contributed by atoms with E-state index in [4.69, 9.17) is 30.5 Å². The molecule has 0 bridgehead atoms. The van der Waals surface area contributed by atoms with E-state index >= 15 is 0 Å². The summed E-state index contributed by atoms with van der Waals surface area (Å²) in [6, 6.07) is 12.3. The minimum atomic E-state index is -0.829. The number of hydrogen-bond donors (Lipinski definition) is 0. The van der Waals surface area contributed by atoms with Gasteiger partial charge in [-0.3, -0.25) is 0 Å². The number of benzene rings is 3. The largest absolute Gasteiger partial charge is 0.513 e. The zero-order valence-corrected chi connectivity index (χ0v) is 18.7. The molecule has 0 saturated heterocycles. The lowest BCUT2D eigenvalue weighted by molar-refractivity contribution is 0.0879. The Kier molecular flexibility index (Phi) is 7.23. The fourth-order valence-corrected chi connectivity index (χ4v) is 3.27. The van der Waals surface area contributed by atoms with E-state index in [-0.39, 0.29) is 36.5 Å². The number of halogens is 1. The Bertz CT molecular complexity index is 1110. The molecular weight excluding hydrogens is 420 g/mol. The van der Waals surface area contributed by atoms with Gasteiger partial charge >= 0.3 is 12.3 Å². The highest BCUT2D eigenvalue weighted by Crippen LogP contribution is 2.45. The molecule has 0 saturated carbocycles. The van der Waals surface area contributed by atoms with Crippen molar-refractivity contribution >= 4 is 45.5 Å². The number of carbonyl (C=O) groups excluding carboxylic acids is 2. The van der Waals surface area contributed by atoms with Gasteiger partial charge in [0.1, 0.15) is 0 Å². The fraction of sp³-hybridized carbons (Fsp3) is 0.333. The number of fused-ring (bicyclic) bond motifs is 2. The van der Waals surface area contributed by atoms with Gasteiger partial charge in [0.2, 0.25) is 0 Å². The molecule has 3 aromatic carbocycles. The molecule has 3 rings (SSSR count). The van der Waals surface area contributed by atoms with Crippen LogP contribution >= 0.6 is 11.6 Å². The van der Waals surface area contributed by atoms with Crippen molar-refractivity contribution in [3.8, 4) is 11.5 Å². The predicted octanol–water partition coefficient (Wildman–Crippen LogP) is 6.99. The Morgan fingerprint density at radius 3 is 1.77 bits per heavy atom. The smallest absolute Gasteiger partial charge is 0.434 e. The molecule has 0 spiro atoms. The summed E-state index contributed by atoms with van der Waals surface area (Å²) >= 11 is 6.48. The van der Waals surface area contributed by atoms with Gasteiger partial charge < -0.3 is 18.9 Å². The molecule has 7 heteroatoms. The first-order chi connectivity index (χ1) is 14.8. The molecule has 0 radical (unpaired) electrons. The average molecular weight is 445 g/mol. The van der Waals surface area contributed by atoms with E-state index in [0.29, 0.717) is 26.6 Å². The van der Waals surface area contributed by atoms with Crippen LogP contribution in [-0.2, 0) is 9.47 Å². The molecule has 0 atom stereocenters. The van der Waals surface area contributed by atoms with Gasteiger partial charge in [0.25, 0.3) is 0 Å². The Labute approximate surface area is 186 Å².